The van der Waals surface area contributed by atoms with Gasteiger partial charge in [-0.05, 0) is 56.0 Å². The maximum atomic E-state index is 12.5. The van der Waals surface area contributed by atoms with Gasteiger partial charge in [-0.1, -0.05) is 24.6 Å². The van der Waals surface area contributed by atoms with Crippen LogP contribution in [0.25, 0.3) is 0 Å². The van der Waals surface area contributed by atoms with Crippen LogP contribution in [0, 0.1) is 0 Å². The Balaban J connectivity index is 2.08. The number of hydrogen-bond donors (Lipinski definition) is 2. The first-order valence-corrected chi connectivity index (χ1v) is 10.4. The third-order valence-electron chi connectivity index (χ3n) is 4.52. The van der Waals surface area contributed by atoms with Crippen LogP contribution in [0.4, 0.5) is 4.79 Å². The first-order chi connectivity index (χ1) is 14.5. The van der Waals surface area contributed by atoms with Gasteiger partial charge in [-0.25, -0.2) is 9.89 Å². The lowest BCUT2D eigenvalue weighted by atomic mass is 10.1. The van der Waals surface area contributed by atoms with Crippen LogP contribution < -0.4 is 10.9 Å². The van der Waals surface area contributed by atoms with Gasteiger partial charge in [-0.2, -0.15) is 5.10 Å². The van der Waals surface area contributed by atoms with Crippen LogP contribution >= 0.6 is 11.6 Å². The first-order valence-electron chi connectivity index (χ1n) is 10.0. The van der Waals surface area contributed by atoms with Crippen LogP contribution in [0.15, 0.2) is 29.2 Å². The van der Waals surface area contributed by atoms with E-state index in [-0.39, 0.29) is 24.4 Å². The number of ether oxygens (including phenoxy) is 1. The monoisotopic (exact) mass is 448 g/mol. The number of carbonyl (C=O) groups excluding carboxylic acids is 2. The SMILES string of the molecule is CCc1cn[nH]c(=O)c1CC(=O)NCc1cc(Cl)ccc1CN(C)C(=O)OC(C)(C)C. The normalized spacial score (nSPS) is 11.2. The van der Waals surface area contributed by atoms with Crippen molar-refractivity contribution in [2.24, 2.45) is 0 Å². The smallest absolute Gasteiger partial charge is 0.410 e. The standard InChI is InChI=1S/C22H29ClN4O4/c1-6-14-12-25-26-20(29)18(14)10-19(28)24-11-16-9-17(23)8-7-15(16)13-27(5)21(30)31-22(2,3)4/h7-9,12H,6,10-11,13H2,1-5H3,(H,24,28)(H,26,29). The molecule has 0 fully saturated rings. The predicted octanol–water partition coefficient (Wildman–Crippen LogP) is 3.21. The van der Waals surface area contributed by atoms with Crippen molar-refractivity contribution in [1.29, 1.82) is 0 Å². The highest BCUT2D eigenvalue weighted by Crippen LogP contribution is 2.19. The van der Waals surface area contributed by atoms with Gasteiger partial charge < -0.3 is 15.0 Å². The molecule has 0 radical (unpaired) electrons. The van der Waals surface area contributed by atoms with Gasteiger partial charge in [-0.3, -0.25) is 9.59 Å². The molecule has 0 bridgehead atoms. The lowest BCUT2D eigenvalue weighted by molar-refractivity contribution is -0.120. The number of H-pyrrole nitrogens is 1. The van der Waals surface area contributed by atoms with Crippen LogP contribution in [-0.4, -0.2) is 39.7 Å². The number of nitrogens with one attached hydrogen (secondary N) is 2. The van der Waals surface area contributed by atoms with Crippen LogP contribution in [0.2, 0.25) is 5.02 Å². The van der Waals surface area contributed by atoms with Gasteiger partial charge >= 0.3 is 6.09 Å². The minimum absolute atomic E-state index is 0.0469. The lowest BCUT2D eigenvalue weighted by Gasteiger charge is -2.25. The van der Waals surface area contributed by atoms with Gasteiger partial charge in [0.05, 0.1) is 12.6 Å². The molecule has 2 amide bonds. The number of benzene rings is 1. The van der Waals surface area contributed by atoms with Crippen molar-refractivity contribution >= 4 is 23.6 Å². The molecule has 1 aromatic carbocycles. The third-order valence-corrected chi connectivity index (χ3v) is 4.76. The van der Waals surface area contributed by atoms with Crippen molar-refractivity contribution in [2.45, 2.75) is 59.2 Å². The number of nitrogens with zero attached hydrogens (tertiary/aromatic N) is 2. The van der Waals surface area contributed by atoms with E-state index in [2.05, 4.69) is 15.5 Å². The van der Waals surface area contributed by atoms with Gasteiger partial charge in [-0.15, -0.1) is 0 Å². The molecule has 0 atom stereocenters. The van der Waals surface area contributed by atoms with Gasteiger partial charge in [0.15, 0.2) is 0 Å². The van der Waals surface area contributed by atoms with E-state index in [4.69, 9.17) is 16.3 Å². The molecule has 0 spiro atoms. The zero-order chi connectivity index (χ0) is 23.2. The quantitative estimate of drug-likeness (QED) is 0.676. The van der Waals surface area contributed by atoms with Crippen molar-refractivity contribution in [3.05, 3.63) is 62.0 Å². The van der Waals surface area contributed by atoms with E-state index in [0.717, 1.165) is 16.7 Å². The fourth-order valence-corrected chi connectivity index (χ4v) is 3.14. The minimum atomic E-state index is -0.593. The largest absolute Gasteiger partial charge is 0.444 e. The number of aromatic nitrogens is 2. The van der Waals surface area contributed by atoms with Gasteiger partial charge in [0.25, 0.3) is 5.56 Å². The molecule has 168 valence electrons. The van der Waals surface area contributed by atoms with E-state index < -0.39 is 11.7 Å². The average Bonchev–Trinajstić information content (AvgIpc) is 2.68. The molecule has 2 aromatic rings. The summed E-state index contributed by atoms with van der Waals surface area (Å²) >= 11 is 6.14. The first kappa shape index (κ1) is 24.4. The van der Waals surface area contributed by atoms with Crippen LogP contribution in [-0.2, 0) is 35.5 Å². The molecule has 0 aliphatic carbocycles. The van der Waals surface area contributed by atoms with Crippen molar-refractivity contribution in [2.75, 3.05) is 7.05 Å². The van der Waals surface area contributed by atoms with E-state index in [1.54, 1.807) is 46.1 Å². The summed E-state index contributed by atoms with van der Waals surface area (Å²) in [6, 6.07) is 5.29. The second-order valence-electron chi connectivity index (χ2n) is 8.26. The highest BCUT2D eigenvalue weighted by molar-refractivity contribution is 6.30. The molecule has 0 saturated heterocycles. The number of amides is 2. The molecule has 2 N–H and O–H groups in total. The Morgan fingerprint density at radius 2 is 1.94 bits per heavy atom. The topological polar surface area (TPSA) is 104 Å². The van der Waals surface area contributed by atoms with Crippen LogP contribution in [0.1, 0.15) is 49.9 Å². The number of rotatable bonds is 7. The maximum Gasteiger partial charge on any atom is 0.410 e. The van der Waals surface area contributed by atoms with Crippen molar-refractivity contribution in [3.8, 4) is 0 Å². The molecule has 0 unspecified atom stereocenters. The van der Waals surface area contributed by atoms with Crippen molar-refractivity contribution in [1.82, 2.24) is 20.4 Å². The zero-order valence-corrected chi connectivity index (χ0v) is 19.3. The van der Waals surface area contributed by atoms with E-state index in [1.807, 2.05) is 13.0 Å². The highest BCUT2D eigenvalue weighted by Gasteiger charge is 2.20. The predicted molar refractivity (Wildman–Crippen MR) is 119 cm³/mol. The summed E-state index contributed by atoms with van der Waals surface area (Å²) in [5, 5.41) is 9.49. The van der Waals surface area contributed by atoms with Crippen molar-refractivity contribution in [3.63, 3.8) is 0 Å². The summed E-state index contributed by atoms with van der Waals surface area (Å²) in [7, 11) is 1.65. The Morgan fingerprint density at radius 3 is 2.58 bits per heavy atom. The zero-order valence-electron chi connectivity index (χ0n) is 18.5. The summed E-state index contributed by atoms with van der Waals surface area (Å²) in [6.07, 6.45) is 1.68. The summed E-state index contributed by atoms with van der Waals surface area (Å²) in [5.41, 5.74) is 1.79. The van der Waals surface area contributed by atoms with Gasteiger partial charge in [0.2, 0.25) is 5.91 Å². The van der Waals surface area contributed by atoms with Crippen LogP contribution in [0.5, 0.6) is 0 Å². The number of hydrogen-bond acceptors (Lipinski definition) is 5. The Kier molecular flexibility index (Phi) is 8.21. The molecule has 0 aliphatic heterocycles. The van der Waals surface area contributed by atoms with E-state index in [9.17, 15) is 14.4 Å². The number of halogens is 1. The Bertz CT molecular complexity index is 998. The molecule has 2 rings (SSSR count). The van der Waals surface area contributed by atoms with E-state index in [0.29, 0.717) is 23.6 Å². The molecule has 9 heteroatoms. The number of aryl methyl sites for hydroxylation is 1. The highest BCUT2D eigenvalue weighted by atomic mass is 35.5. The second kappa shape index (κ2) is 10.4. The molecular weight excluding hydrogens is 420 g/mol. The Morgan fingerprint density at radius 1 is 1.23 bits per heavy atom. The van der Waals surface area contributed by atoms with Crippen LogP contribution in [0.3, 0.4) is 0 Å². The summed E-state index contributed by atoms with van der Waals surface area (Å²) < 4.78 is 5.39. The summed E-state index contributed by atoms with van der Waals surface area (Å²) in [5.74, 6) is -0.294. The lowest BCUT2D eigenvalue weighted by Crippen LogP contribution is -2.34. The summed E-state index contributed by atoms with van der Waals surface area (Å²) in [6.45, 7) is 7.82. The Labute approximate surface area is 186 Å². The Hall–Kier alpha value is -2.87. The molecule has 0 saturated carbocycles. The molecule has 1 heterocycles. The third kappa shape index (κ3) is 7.40. The molecule has 31 heavy (non-hydrogen) atoms. The maximum absolute atomic E-state index is 12.5. The average molecular weight is 449 g/mol. The molecule has 1 aromatic heterocycles. The fraction of sp³-hybridized carbons (Fsp3) is 0.455. The minimum Gasteiger partial charge on any atom is -0.444 e. The van der Waals surface area contributed by atoms with Crippen molar-refractivity contribution < 1.29 is 14.3 Å². The number of carbonyl (C=O) groups is 2. The second-order valence-corrected chi connectivity index (χ2v) is 8.70. The van der Waals surface area contributed by atoms with E-state index >= 15 is 0 Å². The van der Waals surface area contributed by atoms with Gasteiger partial charge in [0, 0.05) is 30.7 Å². The van der Waals surface area contributed by atoms with Gasteiger partial charge in [0.1, 0.15) is 5.60 Å². The fourth-order valence-electron chi connectivity index (χ4n) is 2.95. The molecular formula is C22H29ClN4O4. The van der Waals surface area contributed by atoms with E-state index in [1.165, 1.54) is 4.90 Å². The number of aromatic amines is 1. The molecule has 8 nitrogen and oxygen atoms in total. The summed E-state index contributed by atoms with van der Waals surface area (Å²) in [4.78, 5) is 38.2. The molecule has 0 aliphatic rings.